The van der Waals surface area contributed by atoms with Crippen molar-refractivity contribution in [3.05, 3.63) is 49.6 Å². The number of fused-ring (bicyclic) bond motifs is 1. The number of halogens is 1. The molecule has 124 valence electrons. The van der Waals surface area contributed by atoms with Crippen LogP contribution in [-0.4, -0.2) is 18.3 Å². The number of aliphatic hydroxyl groups is 1. The zero-order valence-corrected chi connectivity index (χ0v) is 16.3. The van der Waals surface area contributed by atoms with Gasteiger partial charge in [0.15, 0.2) is 0 Å². The lowest BCUT2D eigenvalue weighted by Gasteiger charge is -2.25. The summed E-state index contributed by atoms with van der Waals surface area (Å²) in [5, 5.41) is 10.1. The molecule has 0 aliphatic heterocycles. The maximum atomic E-state index is 10.1. The van der Waals surface area contributed by atoms with Gasteiger partial charge in [-0.25, -0.2) is 0 Å². The third kappa shape index (κ3) is 3.36. The second kappa shape index (κ2) is 6.98. The fourth-order valence-electron chi connectivity index (χ4n) is 4.08. The Kier molecular flexibility index (Phi) is 5.16. The van der Waals surface area contributed by atoms with Crippen molar-refractivity contribution in [2.45, 2.75) is 52.1 Å². The zero-order valence-electron chi connectivity index (χ0n) is 14.2. The van der Waals surface area contributed by atoms with E-state index in [9.17, 15) is 5.11 Å². The summed E-state index contributed by atoms with van der Waals surface area (Å²) in [6.07, 6.45) is 4.89. The second-order valence-corrected chi connectivity index (χ2v) is 8.07. The van der Waals surface area contributed by atoms with Crippen LogP contribution in [0.3, 0.4) is 0 Å². The van der Waals surface area contributed by atoms with Crippen molar-refractivity contribution in [3.8, 4) is 5.75 Å². The molecule has 3 heteroatoms. The van der Waals surface area contributed by atoms with Crippen LogP contribution in [0.4, 0.5) is 0 Å². The zero-order chi connectivity index (χ0) is 16.6. The molecule has 3 rings (SSSR count). The third-order valence-corrected chi connectivity index (χ3v) is 6.69. The largest absolute Gasteiger partial charge is 0.496 e. The molecule has 0 radical (unpaired) electrons. The molecule has 2 nitrogen and oxygen atoms in total. The number of allylic oxidation sites excluding steroid dienone is 3. The molecule has 0 heterocycles. The first-order chi connectivity index (χ1) is 11.0. The Morgan fingerprint density at radius 2 is 2.00 bits per heavy atom. The number of hydrogen-bond donors (Lipinski definition) is 1. The molecule has 1 aromatic rings. The lowest BCUT2D eigenvalue weighted by atomic mass is 9.82. The van der Waals surface area contributed by atoms with Gasteiger partial charge in [0.25, 0.3) is 0 Å². The number of methoxy groups -OCH3 is 1. The van der Waals surface area contributed by atoms with Crippen LogP contribution in [0.25, 0.3) is 0 Å². The van der Waals surface area contributed by atoms with Crippen molar-refractivity contribution in [3.63, 3.8) is 0 Å². The Bertz CT molecular complexity index is 672. The molecule has 1 aromatic carbocycles. The van der Waals surface area contributed by atoms with Gasteiger partial charge in [-0.05, 0) is 106 Å². The summed E-state index contributed by atoms with van der Waals surface area (Å²) >= 11 is 2.50. The Morgan fingerprint density at radius 1 is 1.22 bits per heavy atom. The first kappa shape index (κ1) is 17.0. The Labute approximate surface area is 152 Å². The Morgan fingerprint density at radius 3 is 2.74 bits per heavy atom. The summed E-state index contributed by atoms with van der Waals surface area (Å²) < 4.78 is 6.92. The highest BCUT2D eigenvalue weighted by Gasteiger charge is 2.34. The van der Waals surface area contributed by atoms with Crippen molar-refractivity contribution in [1.82, 2.24) is 0 Å². The van der Waals surface area contributed by atoms with E-state index in [1.807, 2.05) is 6.07 Å². The van der Waals surface area contributed by atoms with Crippen molar-refractivity contribution in [1.29, 1.82) is 0 Å². The SMILES string of the molecule is COc1cccc(CCC2=C3C[C@H](O)CC3CC(I)=C2C)c1C. The van der Waals surface area contributed by atoms with Crippen LogP contribution in [0.1, 0.15) is 43.7 Å². The summed E-state index contributed by atoms with van der Waals surface area (Å²) in [5.41, 5.74) is 7.09. The quantitative estimate of drug-likeness (QED) is 0.681. The number of benzene rings is 1. The average molecular weight is 424 g/mol. The molecule has 0 aromatic heterocycles. The topological polar surface area (TPSA) is 29.5 Å². The van der Waals surface area contributed by atoms with E-state index in [1.54, 1.807) is 7.11 Å². The van der Waals surface area contributed by atoms with Crippen molar-refractivity contribution in [2.24, 2.45) is 5.92 Å². The van der Waals surface area contributed by atoms with Gasteiger partial charge in [0, 0.05) is 0 Å². The average Bonchev–Trinajstić information content (AvgIpc) is 2.89. The van der Waals surface area contributed by atoms with Gasteiger partial charge in [-0.15, -0.1) is 0 Å². The van der Waals surface area contributed by atoms with Gasteiger partial charge in [0.1, 0.15) is 5.75 Å². The Balaban J connectivity index is 1.85. The predicted molar refractivity (Wildman–Crippen MR) is 103 cm³/mol. The molecule has 0 saturated heterocycles. The van der Waals surface area contributed by atoms with Crippen molar-refractivity contribution >= 4 is 22.6 Å². The third-order valence-electron chi connectivity index (χ3n) is 5.44. The minimum Gasteiger partial charge on any atom is -0.496 e. The van der Waals surface area contributed by atoms with Gasteiger partial charge < -0.3 is 9.84 Å². The fraction of sp³-hybridized carbons (Fsp3) is 0.500. The number of rotatable bonds is 4. The van der Waals surface area contributed by atoms with E-state index >= 15 is 0 Å². The van der Waals surface area contributed by atoms with E-state index in [1.165, 1.54) is 31.4 Å². The van der Waals surface area contributed by atoms with E-state index in [0.29, 0.717) is 5.92 Å². The van der Waals surface area contributed by atoms with Crippen molar-refractivity contribution < 1.29 is 9.84 Å². The van der Waals surface area contributed by atoms with E-state index in [0.717, 1.165) is 37.9 Å². The molecular weight excluding hydrogens is 399 g/mol. The molecule has 0 spiro atoms. The molecule has 2 atom stereocenters. The van der Waals surface area contributed by atoms with Gasteiger partial charge in [-0.2, -0.15) is 0 Å². The molecule has 2 aliphatic rings. The highest BCUT2D eigenvalue weighted by molar-refractivity contribution is 14.1. The molecule has 0 amide bonds. The van der Waals surface area contributed by atoms with Crippen LogP contribution in [-0.2, 0) is 6.42 Å². The molecule has 0 bridgehead atoms. The van der Waals surface area contributed by atoms with E-state index < -0.39 is 0 Å². The normalized spacial score (nSPS) is 24.2. The molecule has 2 aliphatic carbocycles. The summed E-state index contributed by atoms with van der Waals surface area (Å²) in [5.74, 6) is 1.54. The summed E-state index contributed by atoms with van der Waals surface area (Å²) in [6, 6.07) is 6.31. The highest BCUT2D eigenvalue weighted by atomic mass is 127. The minimum absolute atomic E-state index is 0.140. The Hall–Kier alpha value is -0.810. The van der Waals surface area contributed by atoms with Gasteiger partial charge in [0.05, 0.1) is 13.2 Å². The lowest BCUT2D eigenvalue weighted by Crippen LogP contribution is -2.09. The van der Waals surface area contributed by atoms with Crippen LogP contribution in [0.15, 0.2) is 38.5 Å². The number of aryl methyl sites for hydroxylation is 1. The molecule has 1 saturated carbocycles. The van der Waals surface area contributed by atoms with Crippen LogP contribution in [0, 0.1) is 12.8 Å². The summed E-state index contributed by atoms with van der Waals surface area (Å²) in [7, 11) is 1.73. The van der Waals surface area contributed by atoms with Gasteiger partial charge in [-0.3, -0.25) is 0 Å². The number of aliphatic hydroxyl groups excluding tert-OH is 1. The highest BCUT2D eigenvalue weighted by Crippen LogP contribution is 2.47. The standard InChI is InChI=1S/C20H25IO2/c1-12-14(5-4-6-20(12)23-3)7-8-17-13(2)19(21)10-15-9-16(22)11-18(15)17/h4-6,15-16,22H,7-11H2,1-3H3/t15?,16-/m1/s1. The molecule has 1 fully saturated rings. The number of ether oxygens (including phenoxy) is 1. The molecular formula is C20H25IO2. The van der Waals surface area contributed by atoms with Crippen molar-refractivity contribution in [2.75, 3.05) is 7.11 Å². The van der Waals surface area contributed by atoms with Crippen LogP contribution in [0.5, 0.6) is 5.75 Å². The fourth-order valence-corrected chi connectivity index (χ4v) is 4.94. The predicted octanol–water partition coefficient (Wildman–Crippen LogP) is 5.12. The summed E-state index contributed by atoms with van der Waals surface area (Å²) in [6.45, 7) is 4.39. The second-order valence-electron chi connectivity index (χ2n) is 6.77. The first-order valence-corrected chi connectivity index (χ1v) is 9.47. The van der Waals surface area contributed by atoms with Gasteiger partial charge in [-0.1, -0.05) is 17.7 Å². The van der Waals surface area contributed by atoms with Crippen LogP contribution < -0.4 is 4.74 Å². The molecule has 1 N–H and O–H groups in total. The summed E-state index contributed by atoms with van der Waals surface area (Å²) in [4.78, 5) is 0. The maximum absolute atomic E-state index is 10.1. The van der Waals surface area contributed by atoms with Crippen LogP contribution >= 0.6 is 22.6 Å². The van der Waals surface area contributed by atoms with Crippen LogP contribution in [0.2, 0.25) is 0 Å². The first-order valence-electron chi connectivity index (χ1n) is 8.39. The van der Waals surface area contributed by atoms with E-state index in [-0.39, 0.29) is 6.10 Å². The van der Waals surface area contributed by atoms with E-state index in [4.69, 9.17) is 4.74 Å². The van der Waals surface area contributed by atoms with Gasteiger partial charge >= 0.3 is 0 Å². The maximum Gasteiger partial charge on any atom is 0.122 e. The minimum atomic E-state index is -0.140. The molecule has 1 unspecified atom stereocenters. The monoisotopic (exact) mass is 424 g/mol. The lowest BCUT2D eigenvalue weighted by molar-refractivity contribution is 0.179. The van der Waals surface area contributed by atoms with E-state index in [2.05, 4.69) is 48.6 Å². The number of hydrogen-bond acceptors (Lipinski definition) is 2. The van der Waals surface area contributed by atoms with Gasteiger partial charge in [0.2, 0.25) is 0 Å². The smallest absolute Gasteiger partial charge is 0.122 e. The molecule has 23 heavy (non-hydrogen) atoms.